The Morgan fingerprint density at radius 1 is 1.25 bits per heavy atom. The van der Waals surface area contributed by atoms with Crippen molar-refractivity contribution in [2.24, 2.45) is 5.73 Å². The molecule has 0 aliphatic rings. The van der Waals surface area contributed by atoms with Crippen LogP contribution in [0.3, 0.4) is 0 Å². The van der Waals surface area contributed by atoms with E-state index in [9.17, 15) is 14.9 Å². The molecule has 0 aliphatic heterocycles. The molecule has 28 heavy (non-hydrogen) atoms. The first-order valence-electron chi connectivity index (χ1n) is 8.52. The van der Waals surface area contributed by atoms with Gasteiger partial charge in [-0.15, -0.1) is 12.4 Å². The number of amidine groups is 1. The third kappa shape index (κ3) is 5.43. The van der Waals surface area contributed by atoms with Gasteiger partial charge in [0.2, 0.25) is 0 Å². The zero-order valence-electron chi connectivity index (χ0n) is 15.6. The number of nitrogens with one attached hydrogen (secondary N) is 2. The molecule has 8 nitrogen and oxygen atoms in total. The summed E-state index contributed by atoms with van der Waals surface area (Å²) in [5, 5.41) is 21.7. The quantitative estimate of drug-likeness (QED) is 0.202. The molecule has 0 amide bonds. The Labute approximate surface area is 169 Å². The number of rotatable bonds is 8. The summed E-state index contributed by atoms with van der Waals surface area (Å²) in [4.78, 5) is 23.2. The summed E-state index contributed by atoms with van der Waals surface area (Å²) < 4.78 is 5.15. The van der Waals surface area contributed by atoms with Crippen molar-refractivity contribution in [2.75, 3.05) is 11.9 Å². The molecule has 0 bridgehead atoms. The number of aryl methyl sites for hydroxylation is 1. The Kier molecular flexibility index (Phi) is 8.40. The number of hydrogen-bond acceptors (Lipinski definition) is 6. The van der Waals surface area contributed by atoms with Gasteiger partial charge in [-0.3, -0.25) is 15.5 Å². The summed E-state index contributed by atoms with van der Waals surface area (Å²) in [7, 11) is 0. The number of nitrogen functional groups attached to an aromatic ring is 1. The van der Waals surface area contributed by atoms with E-state index >= 15 is 0 Å². The van der Waals surface area contributed by atoms with E-state index in [-0.39, 0.29) is 30.5 Å². The minimum absolute atomic E-state index is 0. The van der Waals surface area contributed by atoms with Gasteiger partial charge < -0.3 is 15.8 Å². The number of carbonyl (C=O) groups is 1. The van der Waals surface area contributed by atoms with Gasteiger partial charge in [0.25, 0.3) is 5.69 Å². The number of nitrogens with zero attached hydrogens (tertiary/aromatic N) is 1. The first-order chi connectivity index (χ1) is 12.9. The van der Waals surface area contributed by atoms with Crippen molar-refractivity contribution >= 4 is 35.6 Å². The largest absolute Gasteiger partial charge is 0.464 e. The Morgan fingerprint density at radius 3 is 2.39 bits per heavy atom. The molecule has 0 aromatic heterocycles. The number of ether oxygens (including phenoxy) is 1. The third-order valence-electron chi connectivity index (χ3n) is 4.04. The van der Waals surface area contributed by atoms with Gasteiger partial charge in [0.05, 0.1) is 11.5 Å². The summed E-state index contributed by atoms with van der Waals surface area (Å²) in [6.45, 7) is 3.75. The van der Waals surface area contributed by atoms with Crippen LogP contribution < -0.4 is 11.1 Å². The Morgan fingerprint density at radius 2 is 1.89 bits per heavy atom. The highest BCUT2D eigenvalue weighted by Crippen LogP contribution is 2.27. The number of nitrogens with two attached hydrogens (primary N) is 1. The van der Waals surface area contributed by atoms with Gasteiger partial charge in [-0.1, -0.05) is 6.92 Å². The smallest absolute Gasteiger partial charge is 0.333 e. The number of carbonyl (C=O) groups excluding carboxylic acids is 1. The average molecular weight is 407 g/mol. The van der Waals surface area contributed by atoms with E-state index in [1.807, 2.05) is 6.92 Å². The fraction of sp³-hybridized carbons (Fsp3) is 0.263. The van der Waals surface area contributed by atoms with E-state index in [1.54, 1.807) is 43.3 Å². The van der Waals surface area contributed by atoms with E-state index in [0.717, 1.165) is 0 Å². The lowest BCUT2D eigenvalue weighted by Crippen LogP contribution is -2.23. The van der Waals surface area contributed by atoms with Crippen LogP contribution in [0.4, 0.5) is 11.4 Å². The van der Waals surface area contributed by atoms with Crippen LogP contribution in [0.25, 0.3) is 0 Å². The second-order valence-electron chi connectivity index (χ2n) is 5.82. The van der Waals surface area contributed by atoms with Gasteiger partial charge in [-0.25, -0.2) is 4.79 Å². The molecule has 0 saturated carbocycles. The van der Waals surface area contributed by atoms with E-state index in [1.165, 1.54) is 6.07 Å². The molecule has 150 valence electrons. The molecule has 0 saturated heterocycles. The molecule has 0 spiro atoms. The SMILES string of the molecule is CCOC(=O)C(Nc1ccc(C(=N)N)cc1)c1ccc([N+](=O)[O-])c(CC)c1.Cl. The highest BCUT2D eigenvalue weighted by atomic mass is 35.5. The molecule has 2 aromatic carbocycles. The monoisotopic (exact) mass is 406 g/mol. The summed E-state index contributed by atoms with van der Waals surface area (Å²) in [6.07, 6.45) is 0.465. The normalized spacial score (nSPS) is 11.1. The first kappa shape index (κ1) is 22.9. The average Bonchev–Trinajstić information content (AvgIpc) is 2.65. The van der Waals surface area contributed by atoms with Gasteiger partial charge in [0, 0.05) is 22.9 Å². The van der Waals surface area contributed by atoms with Crippen molar-refractivity contribution in [1.82, 2.24) is 0 Å². The van der Waals surface area contributed by atoms with Crippen molar-refractivity contribution in [3.8, 4) is 0 Å². The molecule has 2 rings (SSSR count). The van der Waals surface area contributed by atoms with Crippen LogP contribution in [0.15, 0.2) is 42.5 Å². The summed E-state index contributed by atoms with van der Waals surface area (Å²) in [6, 6.07) is 10.5. The van der Waals surface area contributed by atoms with E-state index < -0.39 is 16.9 Å². The van der Waals surface area contributed by atoms with Crippen molar-refractivity contribution < 1.29 is 14.5 Å². The topological polar surface area (TPSA) is 131 Å². The standard InChI is InChI=1S/C19H22N4O4.ClH/c1-3-12-11-14(7-10-16(12)23(25)26)17(19(24)27-4-2)22-15-8-5-13(6-9-15)18(20)21;/h5-11,17,22H,3-4H2,1-2H3,(H3,20,21);1H. The summed E-state index contributed by atoms with van der Waals surface area (Å²) in [5.41, 5.74) is 7.79. The van der Waals surface area contributed by atoms with Gasteiger partial charge in [0.1, 0.15) is 5.84 Å². The third-order valence-corrected chi connectivity index (χ3v) is 4.04. The van der Waals surface area contributed by atoms with Crippen LogP contribution in [0.1, 0.15) is 36.6 Å². The molecule has 1 unspecified atom stereocenters. The summed E-state index contributed by atoms with van der Waals surface area (Å²) in [5.74, 6) is -0.532. The molecule has 0 heterocycles. The van der Waals surface area contributed by atoms with E-state index in [4.69, 9.17) is 15.9 Å². The fourth-order valence-corrected chi connectivity index (χ4v) is 2.66. The van der Waals surface area contributed by atoms with Crippen LogP contribution in [0.2, 0.25) is 0 Å². The minimum atomic E-state index is -0.820. The van der Waals surface area contributed by atoms with Crippen LogP contribution >= 0.6 is 12.4 Å². The first-order valence-corrected chi connectivity index (χ1v) is 8.52. The number of benzene rings is 2. The Bertz CT molecular complexity index is 856. The summed E-state index contributed by atoms with van der Waals surface area (Å²) >= 11 is 0. The van der Waals surface area contributed by atoms with E-state index in [2.05, 4.69) is 5.32 Å². The zero-order valence-corrected chi connectivity index (χ0v) is 16.4. The molecule has 4 N–H and O–H groups in total. The molecule has 1 atom stereocenters. The minimum Gasteiger partial charge on any atom is -0.464 e. The predicted octanol–water partition coefficient (Wildman–Crippen LogP) is 3.58. The molecule has 2 aromatic rings. The molecule has 0 aliphatic carbocycles. The number of nitro benzene ring substituents is 1. The maximum absolute atomic E-state index is 12.5. The lowest BCUT2D eigenvalue weighted by Gasteiger charge is -2.19. The second-order valence-corrected chi connectivity index (χ2v) is 5.82. The predicted molar refractivity (Wildman–Crippen MR) is 110 cm³/mol. The number of nitro groups is 1. The van der Waals surface area contributed by atoms with Crippen molar-refractivity contribution in [3.05, 3.63) is 69.3 Å². The lowest BCUT2D eigenvalue weighted by atomic mass is 10.0. The van der Waals surface area contributed by atoms with Crippen LogP contribution in [0.5, 0.6) is 0 Å². The van der Waals surface area contributed by atoms with Crippen LogP contribution in [-0.4, -0.2) is 23.3 Å². The van der Waals surface area contributed by atoms with Crippen molar-refractivity contribution in [2.45, 2.75) is 26.3 Å². The van der Waals surface area contributed by atoms with Crippen LogP contribution in [0, 0.1) is 15.5 Å². The maximum atomic E-state index is 12.5. The molecular weight excluding hydrogens is 384 g/mol. The van der Waals surface area contributed by atoms with Gasteiger partial charge in [0.15, 0.2) is 6.04 Å². The van der Waals surface area contributed by atoms with Gasteiger partial charge in [-0.2, -0.15) is 0 Å². The Balaban J connectivity index is 0.00000392. The molecular formula is C19H23ClN4O4. The molecule has 0 radical (unpaired) electrons. The number of halogens is 1. The highest BCUT2D eigenvalue weighted by Gasteiger charge is 2.24. The highest BCUT2D eigenvalue weighted by molar-refractivity contribution is 5.95. The Hall–Kier alpha value is -3.13. The van der Waals surface area contributed by atoms with Gasteiger partial charge >= 0.3 is 5.97 Å². The molecule has 9 heteroatoms. The van der Waals surface area contributed by atoms with Crippen molar-refractivity contribution in [3.63, 3.8) is 0 Å². The number of hydrogen-bond donors (Lipinski definition) is 3. The number of esters is 1. The second kappa shape index (κ2) is 10.3. The molecule has 0 fully saturated rings. The van der Waals surface area contributed by atoms with E-state index in [0.29, 0.717) is 28.8 Å². The maximum Gasteiger partial charge on any atom is 0.333 e. The zero-order chi connectivity index (χ0) is 20.0. The van der Waals surface area contributed by atoms with Crippen LogP contribution in [-0.2, 0) is 16.0 Å². The lowest BCUT2D eigenvalue weighted by molar-refractivity contribution is -0.385. The van der Waals surface area contributed by atoms with Crippen molar-refractivity contribution in [1.29, 1.82) is 5.41 Å². The fourth-order valence-electron chi connectivity index (χ4n) is 2.66. The van der Waals surface area contributed by atoms with Gasteiger partial charge in [-0.05, 0) is 55.3 Å². The number of anilines is 1.